The Bertz CT molecular complexity index is 946. The van der Waals surface area contributed by atoms with E-state index in [0.29, 0.717) is 32.8 Å². The Hall–Kier alpha value is -2.77. The second kappa shape index (κ2) is 7.85. The summed E-state index contributed by atoms with van der Waals surface area (Å²) in [5.74, 6) is 0.0312. The fourth-order valence-corrected chi connectivity index (χ4v) is 3.34. The van der Waals surface area contributed by atoms with Gasteiger partial charge in [-0.3, -0.25) is 4.79 Å². The van der Waals surface area contributed by atoms with Crippen LogP contribution >= 0.6 is 23.8 Å². The topological polar surface area (TPSA) is 82.6 Å². The maximum Gasteiger partial charge on any atom is 0.255 e. The Morgan fingerprint density at radius 1 is 1.30 bits per heavy atom. The molecule has 3 rings (SSSR count). The van der Waals surface area contributed by atoms with Crippen molar-refractivity contribution < 1.29 is 14.6 Å². The average molecular weight is 404 g/mol. The fourth-order valence-electron chi connectivity index (χ4n) is 2.88. The number of hydrogen-bond acceptors (Lipinski definition) is 4. The number of ether oxygens (including phenoxy) is 1. The van der Waals surface area contributed by atoms with E-state index in [-0.39, 0.29) is 11.7 Å². The molecule has 4 N–H and O–H groups in total. The predicted molar refractivity (Wildman–Crippen MR) is 109 cm³/mol. The van der Waals surface area contributed by atoms with E-state index in [1.165, 1.54) is 13.2 Å². The molecule has 0 unspecified atom stereocenters. The highest BCUT2D eigenvalue weighted by atomic mass is 35.5. The molecule has 1 aliphatic rings. The molecule has 1 atom stereocenters. The summed E-state index contributed by atoms with van der Waals surface area (Å²) in [6.07, 6.45) is 0. The number of benzene rings is 2. The highest BCUT2D eigenvalue weighted by Crippen LogP contribution is 2.34. The molecule has 0 aliphatic carbocycles. The van der Waals surface area contributed by atoms with Gasteiger partial charge < -0.3 is 25.8 Å². The Labute approximate surface area is 167 Å². The number of thiocarbonyl (C=S) groups is 1. The highest BCUT2D eigenvalue weighted by Gasteiger charge is 2.30. The first-order valence-electron chi connectivity index (χ1n) is 8.11. The van der Waals surface area contributed by atoms with E-state index in [0.717, 1.165) is 5.56 Å². The van der Waals surface area contributed by atoms with Crippen LogP contribution in [0.1, 0.15) is 18.5 Å². The largest absolute Gasteiger partial charge is 0.504 e. The Balaban J connectivity index is 1.98. The van der Waals surface area contributed by atoms with E-state index in [4.69, 9.17) is 28.6 Å². The van der Waals surface area contributed by atoms with Gasteiger partial charge >= 0.3 is 0 Å². The van der Waals surface area contributed by atoms with Gasteiger partial charge in [-0.2, -0.15) is 0 Å². The van der Waals surface area contributed by atoms with Crippen molar-refractivity contribution in [2.75, 3.05) is 12.4 Å². The Morgan fingerprint density at radius 2 is 2.07 bits per heavy atom. The number of phenols is 1. The van der Waals surface area contributed by atoms with Gasteiger partial charge in [-0.15, -0.1) is 0 Å². The molecule has 0 radical (unpaired) electrons. The van der Waals surface area contributed by atoms with Crippen molar-refractivity contribution in [1.29, 1.82) is 0 Å². The minimum absolute atomic E-state index is 0.0170. The number of anilines is 1. The predicted octanol–water partition coefficient (Wildman–Crippen LogP) is 3.49. The van der Waals surface area contributed by atoms with Crippen LogP contribution in [0.15, 0.2) is 53.7 Å². The number of allylic oxidation sites excluding steroid dienone is 1. The molecule has 27 heavy (non-hydrogen) atoms. The lowest BCUT2D eigenvalue weighted by Gasteiger charge is -2.30. The highest BCUT2D eigenvalue weighted by molar-refractivity contribution is 7.80. The van der Waals surface area contributed by atoms with E-state index in [2.05, 4.69) is 16.0 Å². The van der Waals surface area contributed by atoms with Gasteiger partial charge in [-0.1, -0.05) is 23.7 Å². The molecule has 1 aliphatic heterocycles. The van der Waals surface area contributed by atoms with Crippen molar-refractivity contribution in [1.82, 2.24) is 10.6 Å². The van der Waals surface area contributed by atoms with Gasteiger partial charge in [0, 0.05) is 16.4 Å². The van der Waals surface area contributed by atoms with Gasteiger partial charge in [-0.05, 0) is 55.0 Å². The molecule has 0 spiro atoms. The molecule has 0 fully saturated rings. The molecular formula is C19H18ClN3O3S. The van der Waals surface area contributed by atoms with Gasteiger partial charge in [0.05, 0.1) is 18.7 Å². The number of hydrogen-bond donors (Lipinski definition) is 4. The van der Waals surface area contributed by atoms with Crippen molar-refractivity contribution in [3.63, 3.8) is 0 Å². The SMILES string of the molecule is COc1cc([C@H]2NC(=S)NC(C)=C2C(=O)Nc2cccc(Cl)c2)ccc1O. The van der Waals surface area contributed by atoms with E-state index < -0.39 is 6.04 Å². The molecule has 0 saturated heterocycles. The number of methoxy groups -OCH3 is 1. The van der Waals surface area contributed by atoms with Crippen LogP contribution in [-0.4, -0.2) is 23.2 Å². The second-order valence-corrected chi connectivity index (χ2v) is 6.81. The van der Waals surface area contributed by atoms with E-state index in [1.807, 2.05) is 0 Å². The zero-order valence-corrected chi connectivity index (χ0v) is 16.2. The molecule has 140 valence electrons. The van der Waals surface area contributed by atoms with E-state index in [1.54, 1.807) is 43.3 Å². The first-order valence-corrected chi connectivity index (χ1v) is 8.89. The first kappa shape index (κ1) is 19.0. The Kier molecular flexibility index (Phi) is 5.53. The molecular weight excluding hydrogens is 386 g/mol. The average Bonchev–Trinajstić information content (AvgIpc) is 2.61. The van der Waals surface area contributed by atoms with Crippen molar-refractivity contribution in [2.24, 2.45) is 0 Å². The fraction of sp³-hybridized carbons (Fsp3) is 0.158. The summed E-state index contributed by atoms with van der Waals surface area (Å²) in [5, 5.41) is 19.7. The third-order valence-corrected chi connectivity index (χ3v) is 4.59. The zero-order chi connectivity index (χ0) is 19.6. The van der Waals surface area contributed by atoms with Gasteiger partial charge in [0.2, 0.25) is 0 Å². The number of halogens is 1. The number of rotatable bonds is 4. The van der Waals surface area contributed by atoms with Crippen LogP contribution in [0, 0.1) is 0 Å². The van der Waals surface area contributed by atoms with Crippen LogP contribution in [0.25, 0.3) is 0 Å². The number of amides is 1. The first-order chi connectivity index (χ1) is 12.9. The monoisotopic (exact) mass is 403 g/mol. The normalized spacial score (nSPS) is 16.4. The quantitative estimate of drug-likeness (QED) is 0.585. The van der Waals surface area contributed by atoms with Crippen LogP contribution in [0.5, 0.6) is 11.5 Å². The van der Waals surface area contributed by atoms with Crippen LogP contribution in [-0.2, 0) is 4.79 Å². The minimum Gasteiger partial charge on any atom is -0.504 e. The molecule has 6 nitrogen and oxygen atoms in total. The molecule has 0 saturated carbocycles. The lowest BCUT2D eigenvalue weighted by molar-refractivity contribution is -0.113. The maximum atomic E-state index is 13.0. The molecule has 0 bridgehead atoms. The van der Waals surface area contributed by atoms with Gasteiger partial charge in [0.15, 0.2) is 16.6 Å². The van der Waals surface area contributed by atoms with Crippen LogP contribution in [0.3, 0.4) is 0 Å². The summed E-state index contributed by atoms with van der Waals surface area (Å²) in [6, 6.07) is 11.3. The van der Waals surface area contributed by atoms with Crippen molar-refractivity contribution >= 4 is 40.5 Å². The van der Waals surface area contributed by atoms with E-state index >= 15 is 0 Å². The maximum absolute atomic E-state index is 13.0. The van der Waals surface area contributed by atoms with Crippen LogP contribution in [0.2, 0.25) is 5.02 Å². The minimum atomic E-state index is -0.507. The smallest absolute Gasteiger partial charge is 0.255 e. The van der Waals surface area contributed by atoms with Crippen LogP contribution < -0.4 is 20.7 Å². The lowest BCUT2D eigenvalue weighted by Crippen LogP contribution is -2.45. The molecule has 8 heteroatoms. The van der Waals surface area contributed by atoms with Gasteiger partial charge in [0.25, 0.3) is 5.91 Å². The number of carbonyl (C=O) groups excluding carboxylic acids is 1. The summed E-state index contributed by atoms with van der Waals surface area (Å²) >= 11 is 11.2. The molecule has 1 heterocycles. The number of carbonyl (C=O) groups is 1. The van der Waals surface area contributed by atoms with Gasteiger partial charge in [0.1, 0.15) is 0 Å². The number of aromatic hydroxyl groups is 1. The van der Waals surface area contributed by atoms with Crippen molar-refractivity contribution in [2.45, 2.75) is 13.0 Å². The molecule has 2 aromatic rings. The third kappa shape index (κ3) is 4.15. The lowest BCUT2D eigenvalue weighted by atomic mass is 9.94. The standard InChI is InChI=1S/C19H18ClN3O3S/c1-10-16(18(25)22-13-5-3-4-12(20)9-13)17(23-19(27)21-10)11-6-7-14(24)15(8-11)26-2/h3-9,17,24H,1-2H3,(H,22,25)(H2,21,23,27)/t17-/m1/s1. The molecule has 2 aromatic carbocycles. The van der Waals surface area contributed by atoms with Gasteiger partial charge in [-0.25, -0.2) is 0 Å². The van der Waals surface area contributed by atoms with Crippen molar-refractivity contribution in [3.8, 4) is 11.5 Å². The summed E-state index contributed by atoms with van der Waals surface area (Å²) in [6.45, 7) is 1.78. The number of nitrogens with one attached hydrogen (secondary N) is 3. The van der Waals surface area contributed by atoms with Crippen LogP contribution in [0.4, 0.5) is 5.69 Å². The summed E-state index contributed by atoms with van der Waals surface area (Å²) in [7, 11) is 1.47. The summed E-state index contributed by atoms with van der Waals surface area (Å²) < 4.78 is 5.18. The third-order valence-electron chi connectivity index (χ3n) is 4.13. The molecule has 0 aromatic heterocycles. The summed E-state index contributed by atoms with van der Waals surface area (Å²) in [5.41, 5.74) is 2.42. The summed E-state index contributed by atoms with van der Waals surface area (Å²) in [4.78, 5) is 13.0. The second-order valence-electron chi connectivity index (χ2n) is 5.97. The Morgan fingerprint density at radius 3 is 2.78 bits per heavy atom. The molecule has 1 amide bonds. The van der Waals surface area contributed by atoms with Crippen molar-refractivity contribution in [3.05, 3.63) is 64.3 Å². The zero-order valence-electron chi connectivity index (χ0n) is 14.7. The number of phenolic OH excluding ortho intramolecular Hbond substituents is 1. The van der Waals surface area contributed by atoms with E-state index in [9.17, 15) is 9.90 Å².